The molecule has 1 aromatic rings. The van der Waals surface area contributed by atoms with Crippen LogP contribution in [0, 0.1) is 0 Å². The molecule has 1 fully saturated rings. The van der Waals surface area contributed by atoms with Gasteiger partial charge in [0.2, 0.25) is 0 Å². The Labute approximate surface area is 117 Å². The van der Waals surface area contributed by atoms with Crippen molar-refractivity contribution in [3.05, 3.63) is 29.8 Å². The van der Waals surface area contributed by atoms with E-state index >= 15 is 0 Å². The highest BCUT2D eigenvalue weighted by Gasteiger charge is 2.29. The molecule has 1 aliphatic rings. The Morgan fingerprint density at radius 1 is 1.26 bits per heavy atom. The molecule has 3 heteroatoms. The van der Waals surface area contributed by atoms with Crippen molar-refractivity contribution in [1.29, 1.82) is 0 Å². The van der Waals surface area contributed by atoms with E-state index in [1.165, 1.54) is 11.3 Å². The van der Waals surface area contributed by atoms with Crippen LogP contribution >= 0.6 is 0 Å². The lowest BCUT2D eigenvalue weighted by molar-refractivity contribution is 0.162. The smallest absolute Gasteiger partial charge is 0.0402 e. The molecule has 2 unspecified atom stereocenters. The number of hydrogen-bond donors (Lipinski definition) is 1. The van der Waals surface area contributed by atoms with E-state index in [0.29, 0.717) is 18.0 Å². The van der Waals surface area contributed by atoms with Crippen LogP contribution in [0.4, 0.5) is 5.69 Å². The summed E-state index contributed by atoms with van der Waals surface area (Å²) in [6, 6.07) is 9.77. The summed E-state index contributed by atoms with van der Waals surface area (Å²) in [5.74, 6) is 0.558. The number of rotatable bonds is 3. The van der Waals surface area contributed by atoms with Crippen molar-refractivity contribution in [3.63, 3.8) is 0 Å². The number of piperazine rings is 1. The van der Waals surface area contributed by atoms with Crippen LogP contribution < -0.4 is 10.6 Å². The molecule has 1 aliphatic heterocycles. The van der Waals surface area contributed by atoms with E-state index in [2.05, 4.69) is 61.9 Å². The van der Waals surface area contributed by atoms with Gasteiger partial charge in [0.05, 0.1) is 0 Å². The van der Waals surface area contributed by atoms with Crippen LogP contribution in [-0.2, 0) is 0 Å². The first-order chi connectivity index (χ1) is 9.04. The Morgan fingerprint density at radius 2 is 1.95 bits per heavy atom. The molecule has 2 N–H and O–H groups in total. The maximum absolute atomic E-state index is 5.93. The van der Waals surface area contributed by atoms with Crippen LogP contribution in [0.2, 0.25) is 0 Å². The molecule has 0 aliphatic carbocycles. The minimum absolute atomic E-state index is 0.448. The SMILES string of the molecule is CC(C)c1ccccc1N1CC(C)N(C)C(CN)C1. The van der Waals surface area contributed by atoms with E-state index in [1.54, 1.807) is 0 Å². The predicted molar refractivity (Wildman–Crippen MR) is 82.8 cm³/mol. The monoisotopic (exact) mass is 261 g/mol. The first-order valence-corrected chi connectivity index (χ1v) is 7.30. The van der Waals surface area contributed by atoms with Crippen molar-refractivity contribution in [2.75, 3.05) is 31.6 Å². The number of benzene rings is 1. The second kappa shape index (κ2) is 5.93. The van der Waals surface area contributed by atoms with Crippen LogP contribution in [0.3, 0.4) is 0 Å². The van der Waals surface area contributed by atoms with Gasteiger partial charge < -0.3 is 10.6 Å². The van der Waals surface area contributed by atoms with Gasteiger partial charge in [0.15, 0.2) is 0 Å². The number of nitrogens with two attached hydrogens (primary N) is 1. The van der Waals surface area contributed by atoms with Crippen molar-refractivity contribution < 1.29 is 0 Å². The average molecular weight is 261 g/mol. The molecular weight excluding hydrogens is 234 g/mol. The van der Waals surface area contributed by atoms with E-state index in [0.717, 1.165) is 19.6 Å². The van der Waals surface area contributed by atoms with E-state index in [-0.39, 0.29) is 0 Å². The van der Waals surface area contributed by atoms with Gasteiger partial charge in [-0.25, -0.2) is 0 Å². The van der Waals surface area contributed by atoms with Gasteiger partial charge in [0, 0.05) is 37.4 Å². The van der Waals surface area contributed by atoms with Crippen LogP contribution in [0.1, 0.15) is 32.3 Å². The molecule has 1 heterocycles. The average Bonchev–Trinajstić information content (AvgIpc) is 2.41. The largest absolute Gasteiger partial charge is 0.368 e. The Bertz CT molecular complexity index is 416. The summed E-state index contributed by atoms with van der Waals surface area (Å²) in [7, 11) is 2.19. The number of anilines is 1. The van der Waals surface area contributed by atoms with E-state index in [4.69, 9.17) is 5.73 Å². The molecule has 0 radical (unpaired) electrons. The van der Waals surface area contributed by atoms with Crippen molar-refractivity contribution in [1.82, 2.24) is 4.90 Å². The highest BCUT2D eigenvalue weighted by atomic mass is 15.3. The second-order valence-corrected chi connectivity index (χ2v) is 6.02. The Morgan fingerprint density at radius 3 is 2.58 bits per heavy atom. The van der Waals surface area contributed by atoms with Crippen LogP contribution in [0.25, 0.3) is 0 Å². The molecule has 0 spiro atoms. The van der Waals surface area contributed by atoms with Crippen LogP contribution in [0.5, 0.6) is 0 Å². The molecule has 1 saturated heterocycles. The third-order valence-corrected chi connectivity index (χ3v) is 4.36. The first-order valence-electron chi connectivity index (χ1n) is 7.30. The van der Waals surface area contributed by atoms with Gasteiger partial charge >= 0.3 is 0 Å². The highest BCUT2D eigenvalue weighted by molar-refractivity contribution is 5.55. The summed E-state index contributed by atoms with van der Waals surface area (Å²) in [6.07, 6.45) is 0. The molecule has 0 amide bonds. The topological polar surface area (TPSA) is 32.5 Å². The fourth-order valence-electron chi connectivity index (χ4n) is 2.97. The van der Waals surface area contributed by atoms with Crippen molar-refractivity contribution in [2.24, 2.45) is 5.73 Å². The maximum Gasteiger partial charge on any atom is 0.0402 e. The lowest BCUT2D eigenvalue weighted by Gasteiger charge is -2.45. The Balaban J connectivity index is 2.27. The van der Waals surface area contributed by atoms with E-state index < -0.39 is 0 Å². The van der Waals surface area contributed by atoms with Crippen molar-refractivity contribution in [3.8, 4) is 0 Å². The van der Waals surface area contributed by atoms with Crippen molar-refractivity contribution in [2.45, 2.75) is 38.8 Å². The van der Waals surface area contributed by atoms with Crippen LogP contribution in [0.15, 0.2) is 24.3 Å². The number of para-hydroxylation sites is 1. The zero-order valence-electron chi connectivity index (χ0n) is 12.6. The third-order valence-electron chi connectivity index (χ3n) is 4.36. The van der Waals surface area contributed by atoms with Gasteiger partial charge in [-0.2, -0.15) is 0 Å². The second-order valence-electron chi connectivity index (χ2n) is 6.02. The zero-order valence-corrected chi connectivity index (χ0v) is 12.6. The summed E-state index contributed by atoms with van der Waals surface area (Å²) < 4.78 is 0. The van der Waals surface area contributed by atoms with E-state index in [1.807, 2.05) is 0 Å². The molecule has 0 bridgehead atoms. The Kier molecular flexibility index (Phi) is 4.48. The molecule has 0 aromatic heterocycles. The Hall–Kier alpha value is -1.06. The fraction of sp³-hybridized carbons (Fsp3) is 0.625. The molecule has 2 atom stereocenters. The summed E-state index contributed by atoms with van der Waals surface area (Å²) in [5.41, 5.74) is 8.75. The van der Waals surface area contributed by atoms with Crippen molar-refractivity contribution >= 4 is 5.69 Å². The molecule has 3 nitrogen and oxygen atoms in total. The minimum atomic E-state index is 0.448. The fourth-order valence-corrected chi connectivity index (χ4v) is 2.97. The standard InChI is InChI=1S/C16H27N3/c1-12(2)15-7-5-6-8-16(15)19-10-13(3)18(4)14(9-17)11-19/h5-8,12-14H,9-11,17H2,1-4H3. The van der Waals surface area contributed by atoms with Gasteiger partial charge in [0.1, 0.15) is 0 Å². The molecule has 0 saturated carbocycles. The molecule has 2 rings (SSSR count). The van der Waals surface area contributed by atoms with Gasteiger partial charge in [-0.05, 0) is 31.5 Å². The third kappa shape index (κ3) is 2.93. The van der Waals surface area contributed by atoms with Gasteiger partial charge in [0.25, 0.3) is 0 Å². The normalized spacial score (nSPS) is 25.1. The highest BCUT2D eigenvalue weighted by Crippen LogP contribution is 2.29. The molecule has 106 valence electrons. The summed E-state index contributed by atoms with van der Waals surface area (Å²) in [5, 5.41) is 0. The lowest BCUT2D eigenvalue weighted by Crippen LogP contribution is -2.58. The minimum Gasteiger partial charge on any atom is -0.368 e. The van der Waals surface area contributed by atoms with Gasteiger partial charge in [-0.1, -0.05) is 32.0 Å². The van der Waals surface area contributed by atoms with Gasteiger partial charge in [-0.15, -0.1) is 0 Å². The molecule has 1 aromatic carbocycles. The van der Waals surface area contributed by atoms with Gasteiger partial charge in [-0.3, -0.25) is 4.90 Å². The number of hydrogen-bond acceptors (Lipinski definition) is 3. The zero-order chi connectivity index (χ0) is 14.0. The summed E-state index contributed by atoms with van der Waals surface area (Å²) >= 11 is 0. The predicted octanol–water partition coefficient (Wildman–Crippen LogP) is 2.28. The first kappa shape index (κ1) is 14.4. The summed E-state index contributed by atoms with van der Waals surface area (Å²) in [6.45, 7) is 9.64. The number of nitrogens with zero attached hydrogens (tertiary/aromatic N) is 2. The summed E-state index contributed by atoms with van der Waals surface area (Å²) in [4.78, 5) is 4.92. The lowest BCUT2D eigenvalue weighted by atomic mass is 9.98. The van der Waals surface area contributed by atoms with E-state index in [9.17, 15) is 0 Å². The van der Waals surface area contributed by atoms with Crippen LogP contribution in [-0.4, -0.2) is 43.7 Å². The molecular formula is C16H27N3. The quantitative estimate of drug-likeness (QED) is 0.906. The molecule has 19 heavy (non-hydrogen) atoms. The number of likely N-dealkylation sites (N-methyl/N-ethyl adjacent to an activating group) is 1. The maximum atomic E-state index is 5.93.